The van der Waals surface area contributed by atoms with E-state index < -0.39 is 0 Å². The molecule has 6 nitrogen and oxygen atoms in total. The van der Waals surface area contributed by atoms with Crippen molar-refractivity contribution in [2.45, 2.75) is 12.8 Å². The highest BCUT2D eigenvalue weighted by molar-refractivity contribution is 6.42. The van der Waals surface area contributed by atoms with E-state index in [0.717, 1.165) is 25.9 Å². The van der Waals surface area contributed by atoms with Crippen molar-refractivity contribution >= 4 is 40.7 Å². The number of rotatable bonds is 3. The summed E-state index contributed by atoms with van der Waals surface area (Å²) < 4.78 is 5.37. The van der Waals surface area contributed by atoms with Gasteiger partial charge < -0.3 is 4.74 Å². The van der Waals surface area contributed by atoms with Crippen LogP contribution in [-0.2, 0) is 9.59 Å². The highest BCUT2D eigenvalue weighted by Gasteiger charge is 2.30. The Balaban J connectivity index is 1.81. The number of anilines is 1. The number of likely N-dealkylation sites (N-methyl/N-ethyl adjacent to an activating group) is 1. The van der Waals surface area contributed by atoms with E-state index in [1.807, 2.05) is 5.01 Å². The average Bonchev–Trinajstić information content (AvgIpc) is 3.05. The van der Waals surface area contributed by atoms with Crippen molar-refractivity contribution in [1.82, 2.24) is 10.0 Å². The predicted molar refractivity (Wildman–Crippen MR) is 87.9 cm³/mol. The van der Waals surface area contributed by atoms with Gasteiger partial charge in [0.15, 0.2) is 6.61 Å². The van der Waals surface area contributed by atoms with E-state index in [1.165, 1.54) is 4.90 Å². The van der Waals surface area contributed by atoms with Crippen LogP contribution in [0.15, 0.2) is 12.1 Å². The number of carbonyl (C=O) groups is 2. The average molecular weight is 358 g/mol. The molecule has 2 aliphatic heterocycles. The quantitative estimate of drug-likeness (QED) is 0.831. The van der Waals surface area contributed by atoms with Gasteiger partial charge in [-0.25, -0.2) is 5.01 Å². The van der Waals surface area contributed by atoms with Gasteiger partial charge in [-0.1, -0.05) is 23.2 Å². The van der Waals surface area contributed by atoms with Gasteiger partial charge in [-0.05, 0) is 18.9 Å². The lowest BCUT2D eigenvalue weighted by atomic mass is 10.2. The molecule has 2 heterocycles. The van der Waals surface area contributed by atoms with Crippen LogP contribution in [0, 0.1) is 0 Å². The molecule has 124 valence electrons. The van der Waals surface area contributed by atoms with Crippen molar-refractivity contribution in [3.63, 3.8) is 0 Å². The number of ether oxygens (including phenoxy) is 1. The molecular formula is C15H17Cl2N3O3. The molecular weight excluding hydrogens is 341 g/mol. The fraction of sp³-hybridized carbons (Fsp3) is 0.467. The Bertz CT molecular complexity index is 647. The summed E-state index contributed by atoms with van der Waals surface area (Å²) in [6.07, 6.45) is 2.15. The maximum Gasteiger partial charge on any atom is 0.265 e. The van der Waals surface area contributed by atoms with Crippen LogP contribution in [0.4, 0.5) is 5.69 Å². The molecule has 1 aromatic rings. The highest BCUT2D eigenvalue weighted by Crippen LogP contribution is 2.38. The van der Waals surface area contributed by atoms with Gasteiger partial charge in [0, 0.05) is 26.2 Å². The molecule has 0 aromatic heterocycles. The zero-order valence-corrected chi connectivity index (χ0v) is 14.2. The molecule has 0 N–H and O–H groups in total. The molecule has 1 saturated heterocycles. The van der Waals surface area contributed by atoms with E-state index in [-0.39, 0.29) is 25.0 Å². The van der Waals surface area contributed by atoms with E-state index in [2.05, 4.69) is 0 Å². The minimum absolute atomic E-state index is 0.0554. The largest absolute Gasteiger partial charge is 0.482 e. The topological polar surface area (TPSA) is 53.1 Å². The van der Waals surface area contributed by atoms with E-state index in [0.29, 0.717) is 21.5 Å². The number of fused-ring (bicyclic) bond motifs is 1. The van der Waals surface area contributed by atoms with Crippen LogP contribution in [0.5, 0.6) is 5.75 Å². The lowest BCUT2D eigenvalue weighted by Gasteiger charge is -2.33. The van der Waals surface area contributed by atoms with Crippen LogP contribution in [0.1, 0.15) is 12.8 Å². The van der Waals surface area contributed by atoms with Gasteiger partial charge in [0.1, 0.15) is 12.3 Å². The van der Waals surface area contributed by atoms with Gasteiger partial charge in [-0.15, -0.1) is 0 Å². The van der Waals surface area contributed by atoms with Gasteiger partial charge in [-0.3, -0.25) is 19.5 Å². The van der Waals surface area contributed by atoms with Crippen molar-refractivity contribution in [1.29, 1.82) is 0 Å². The zero-order chi connectivity index (χ0) is 16.6. The van der Waals surface area contributed by atoms with Crippen LogP contribution in [0.3, 0.4) is 0 Å². The molecule has 23 heavy (non-hydrogen) atoms. The fourth-order valence-corrected chi connectivity index (χ4v) is 3.08. The molecule has 0 saturated carbocycles. The first-order valence-electron chi connectivity index (χ1n) is 7.41. The van der Waals surface area contributed by atoms with E-state index in [9.17, 15) is 9.59 Å². The third-order valence-electron chi connectivity index (χ3n) is 4.11. The molecule has 0 radical (unpaired) electrons. The summed E-state index contributed by atoms with van der Waals surface area (Å²) in [5.41, 5.74) is 0.471. The van der Waals surface area contributed by atoms with E-state index in [4.69, 9.17) is 27.9 Å². The van der Waals surface area contributed by atoms with Crippen LogP contribution in [0.25, 0.3) is 0 Å². The normalized spacial score (nSPS) is 17.9. The minimum Gasteiger partial charge on any atom is -0.482 e. The number of carbonyl (C=O) groups excluding carboxylic acids is 2. The number of benzene rings is 1. The Morgan fingerprint density at radius 1 is 1.26 bits per heavy atom. The third-order valence-corrected chi connectivity index (χ3v) is 4.83. The standard InChI is InChI=1S/C15H17Cl2N3O3/c1-18(19-4-2-3-5-19)14(21)8-20-12-6-10(16)11(17)7-13(12)23-9-15(20)22/h6-7H,2-5,8-9H2,1H3. The lowest BCUT2D eigenvalue weighted by molar-refractivity contribution is -0.143. The van der Waals surface area contributed by atoms with Crippen LogP contribution < -0.4 is 9.64 Å². The molecule has 2 aliphatic rings. The van der Waals surface area contributed by atoms with Gasteiger partial charge >= 0.3 is 0 Å². The number of hydrazine groups is 1. The van der Waals surface area contributed by atoms with Gasteiger partial charge in [0.25, 0.3) is 11.8 Å². The lowest BCUT2D eigenvalue weighted by Crippen LogP contribution is -2.49. The summed E-state index contributed by atoms with van der Waals surface area (Å²) in [6, 6.07) is 3.12. The second kappa shape index (κ2) is 6.55. The fourth-order valence-electron chi connectivity index (χ4n) is 2.77. The SMILES string of the molecule is CN(C(=O)CN1C(=O)COc2cc(Cl)c(Cl)cc21)N1CCCC1. The minimum atomic E-state index is -0.279. The molecule has 1 aromatic carbocycles. The Hall–Kier alpha value is -1.50. The number of halogens is 2. The molecule has 0 aliphatic carbocycles. The second-order valence-corrected chi connectivity index (χ2v) is 6.40. The number of hydrogen-bond acceptors (Lipinski definition) is 4. The first-order chi connectivity index (χ1) is 11.0. The summed E-state index contributed by atoms with van der Waals surface area (Å²) in [7, 11) is 1.73. The molecule has 2 amide bonds. The smallest absolute Gasteiger partial charge is 0.265 e. The van der Waals surface area contributed by atoms with Gasteiger partial charge in [0.2, 0.25) is 0 Å². The first-order valence-corrected chi connectivity index (χ1v) is 8.16. The van der Waals surface area contributed by atoms with Crippen molar-refractivity contribution in [3.05, 3.63) is 22.2 Å². The van der Waals surface area contributed by atoms with Crippen LogP contribution in [0.2, 0.25) is 10.0 Å². The number of nitrogens with zero attached hydrogens (tertiary/aromatic N) is 3. The Morgan fingerprint density at radius 3 is 2.61 bits per heavy atom. The van der Waals surface area contributed by atoms with Crippen molar-refractivity contribution in [3.8, 4) is 5.75 Å². The van der Waals surface area contributed by atoms with E-state index >= 15 is 0 Å². The molecule has 3 rings (SSSR count). The predicted octanol–water partition coefficient (Wildman–Crippen LogP) is 2.19. The highest BCUT2D eigenvalue weighted by atomic mass is 35.5. The molecule has 0 unspecified atom stereocenters. The maximum atomic E-state index is 12.5. The number of hydrogen-bond donors (Lipinski definition) is 0. The summed E-state index contributed by atoms with van der Waals surface area (Å²) in [5.74, 6) is 0.0221. The van der Waals surface area contributed by atoms with Crippen LogP contribution in [-0.4, -0.2) is 55.1 Å². The molecule has 1 fully saturated rings. The monoisotopic (exact) mass is 357 g/mol. The van der Waals surface area contributed by atoms with Gasteiger partial charge in [-0.2, -0.15) is 0 Å². The van der Waals surface area contributed by atoms with Crippen molar-refractivity contribution in [2.75, 3.05) is 38.2 Å². The van der Waals surface area contributed by atoms with Crippen molar-refractivity contribution in [2.24, 2.45) is 0 Å². The zero-order valence-electron chi connectivity index (χ0n) is 12.7. The molecule has 0 spiro atoms. The molecule has 8 heteroatoms. The Morgan fingerprint density at radius 2 is 1.91 bits per heavy atom. The molecule has 0 atom stereocenters. The molecule has 0 bridgehead atoms. The van der Waals surface area contributed by atoms with Crippen molar-refractivity contribution < 1.29 is 14.3 Å². The maximum absolute atomic E-state index is 12.5. The second-order valence-electron chi connectivity index (χ2n) is 5.58. The Labute approximate surface area is 144 Å². The van der Waals surface area contributed by atoms with Crippen LogP contribution >= 0.6 is 23.2 Å². The summed E-state index contributed by atoms with van der Waals surface area (Å²) in [5, 5.41) is 4.24. The summed E-state index contributed by atoms with van der Waals surface area (Å²) in [4.78, 5) is 26.1. The Kier molecular flexibility index (Phi) is 4.66. The third kappa shape index (κ3) is 3.24. The number of amides is 2. The van der Waals surface area contributed by atoms with E-state index in [1.54, 1.807) is 24.2 Å². The summed E-state index contributed by atoms with van der Waals surface area (Å²) >= 11 is 12.0. The first kappa shape index (κ1) is 16.4. The van der Waals surface area contributed by atoms with Gasteiger partial charge in [0.05, 0.1) is 15.7 Å². The summed E-state index contributed by atoms with van der Waals surface area (Å²) in [6.45, 7) is 1.54.